The van der Waals surface area contributed by atoms with Crippen LogP contribution in [0.2, 0.25) is 0 Å². The van der Waals surface area contributed by atoms with Crippen molar-refractivity contribution in [3.63, 3.8) is 0 Å². The van der Waals surface area contributed by atoms with Gasteiger partial charge in [0.25, 0.3) is 5.91 Å². The first-order valence-corrected chi connectivity index (χ1v) is 9.75. The highest BCUT2D eigenvalue weighted by Gasteiger charge is 2.31. The normalized spacial score (nSPS) is 14.0. The summed E-state index contributed by atoms with van der Waals surface area (Å²) in [5, 5.41) is 15.9. The van der Waals surface area contributed by atoms with E-state index < -0.39 is 0 Å². The minimum absolute atomic E-state index is 0.117. The molecular formula is C20H26N6O2. The van der Waals surface area contributed by atoms with E-state index in [9.17, 15) is 4.79 Å². The van der Waals surface area contributed by atoms with Crippen molar-refractivity contribution in [1.82, 2.24) is 30.0 Å². The molecule has 0 aliphatic heterocycles. The number of hydrogen-bond donors (Lipinski definition) is 1. The van der Waals surface area contributed by atoms with Crippen LogP contribution in [0.25, 0.3) is 11.3 Å². The Morgan fingerprint density at radius 3 is 2.75 bits per heavy atom. The van der Waals surface area contributed by atoms with Gasteiger partial charge in [-0.1, -0.05) is 19.0 Å². The Morgan fingerprint density at radius 1 is 1.36 bits per heavy atom. The van der Waals surface area contributed by atoms with Gasteiger partial charge in [-0.25, -0.2) is 0 Å². The molecule has 8 heteroatoms. The Labute approximate surface area is 163 Å². The van der Waals surface area contributed by atoms with E-state index in [0.717, 1.165) is 35.6 Å². The maximum Gasteiger partial charge on any atom is 0.269 e. The highest BCUT2D eigenvalue weighted by Crippen LogP contribution is 2.44. The second kappa shape index (κ2) is 7.26. The van der Waals surface area contributed by atoms with E-state index >= 15 is 0 Å². The van der Waals surface area contributed by atoms with Gasteiger partial charge in [0, 0.05) is 25.6 Å². The summed E-state index contributed by atoms with van der Waals surface area (Å²) in [6.45, 7) is 7.15. The molecule has 3 aromatic heterocycles. The van der Waals surface area contributed by atoms with E-state index in [0.29, 0.717) is 24.7 Å². The average molecular weight is 382 g/mol. The molecule has 0 aromatic carbocycles. The molecule has 0 saturated heterocycles. The Kier molecular flexibility index (Phi) is 4.78. The van der Waals surface area contributed by atoms with E-state index in [2.05, 4.69) is 34.5 Å². The van der Waals surface area contributed by atoms with E-state index in [-0.39, 0.29) is 11.8 Å². The summed E-state index contributed by atoms with van der Waals surface area (Å²) < 4.78 is 9.05. The molecule has 1 saturated carbocycles. The van der Waals surface area contributed by atoms with Crippen LogP contribution < -0.4 is 5.32 Å². The lowest BCUT2D eigenvalue weighted by Gasteiger charge is -2.09. The van der Waals surface area contributed by atoms with Gasteiger partial charge in [0.1, 0.15) is 5.69 Å². The smallest absolute Gasteiger partial charge is 0.269 e. The van der Waals surface area contributed by atoms with Crippen molar-refractivity contribution < 1.29 is 9.32 Å². The van der Waals surface area contributed by atoms with Crippen LogP contribution in [0.3, 0.4) is 0 Å². The van der Waals surface area contributed by atoms with Crippen LogP contribution in [-0.4, -0.2) is 37.2 Å². The zero-order valence-electron chi connectivity index (χ0n) is 16.8. The number of carbonyl (C=O) groups is 1. The van der Waals surface area contributed by atoms with Crippen LogP contribution in [0, 0.1) is 6.92 Å². The Morgan fingerprint density at radius 2 is 2.14 bits per heavy atom. The lowest BCUT2D eigenvalue weighted by atomic mass is 10.1. The fourth-order valence-electron chi connectivity index (χ4n) is 3.39. The molecule has 1 aliphatic rings. The van der Waals surface area contributed by atoms with Gasteiger partial charge < -0.3 is 9.84 Å². The van der Waals surface area contributed by atoms with Crippen molar-refractivity contribution in [2.24, 2.45) is 7.05 Å². The van der Waals surface area contributed by atoms with Gasteiger partial charge in [0.05, 0.1) is 35.4 Å². The summed E-state index contributed by atoms with van der Waals surface area (Å²) in [5.74, 6) is 1.43. The summed E-state index contributed by atoms with van der Waals surface area (Å²) >= 11 is 0. The number of aromatic nitrogens is 5. The largest absolute Gasteiger partial charge is 0.356 e. The van der Waals surface area contributed by atoms with Crippen molar-refractivity contribution in [2.75, 3.05) is 6.54 Å². The Balaban J connectivity index is 1.44. The third kappa shape index (κ3) is 3.58. The zero-order chi connectivity index (χ0) is 19.8. The first-order valence-electron chi connectivity index (χ1n) is 9.75. The molecule has 0 radical (unpaired) electrons. The molecule has 148 valence electrons. The molecule has 1 aliphatic carbocycles. The number of nitrogens with zero attached hydrogens (tertiary/aromatic N) is 5. The Hall–Kier alpha value is -2.90. The first kappa shape index (κ1) is 18.5. The topological polar surface area (TPSA) is 90.8 Å². The Bertz CT molecular complexity index is 992. The van der Waals surface area contributed by atoms with E-state index in [1.54, 1.807) is 11.7 Å². The van der Waals surface area contributed by atoms with Crippen molar-refractivity contribution in [2.45, 2.75) is 52.0 Å². The number of aryl methyl sites for hydroxylation is 2. The fraction of sp³-hybridized carbons (Fsp3) is 0.500. The molecule has 8 nitrogen and oxygen atoms in total. The highest BCUT2D eigenvalue weighted by molar-refractivity contribution is 5.92. The lowest BCUT2D eigenvalue weighted by Crippen LogP contribution is -2.29. The number of carbonyl (C=O) groups excluding carboxylic acids is 1. The van der Waals surface area contributed by atoms with Crippen molar-refractivity contribution in [1.29, 1.82) is 0 Å². The maximum absolute atomic E-state index is 12.5. The van der Waals surface area contributed by atoms with Crippen molar-refractivity contribution in [3.8, 4) is 11.3 Å². The fourth-order valence-corrected chi connectivity index (χ4v) is 3.39. The molecule has 1 fully saturated rings. The van der Waals surface area contributed by atoms with Crippen LogP contribution in [0.1, 0.15) is 66.1 Å². The second-order valence-corrected chi connectivity index (χ2v) is 7.76. The average Bonchev–Trinajstić information content (AvgIpc) is 3.06. The minimum Gasteiger partial charge on any atom is -0.356 e. The SMILES string of the molecule is Cc1cc(-c2cnn(CCNC(=O)c3cc(C(C)C)nn3C)c2C2CC2)on1. The molecule has 0 atom stereocenters. The number of rotatable bonds is 7. The zero-order valence-corrected chi connectivity index (χ0v) is 16.8. The van der Waals surface area contributed by atoms with Gasteiger partial charge in [-0.15, -0.1) is 0 Å². The predicted molar refractivity (Wildman–Crippen MR) is 104 cm³/mol. The molecule has 0 spiro atoms. The number of hydrogen-bond acceptors (Lipinski definition) is 5. The summed E-state index contributed by atoms with van der Waals surface area (Å²) in [5.41, 5.74) is 4.52. The van der Waals surface area contributed by atoms with Crippen LogP contribution >= 0.6 is 0 Å². The van der Waals surface area contributed by atoms with Gasteiger partial charge in [-0.3, -0.25) is 14.2 Å². The number of nitrogens with one attached hydrogen (secondary N) is 1. The van der Waals surface area contributed by atoms with Crippen LogP contribution in [0.15, 0.2) is 22.9 Å². The molecule has 0 bridgehead atoms. The maximum atomic E-state index is 12.5. The molecule has 28 heavy (non-hydrogen) atoms. The van der Waals surface area contributed by atoms with E-state index in [4.69, 9.17) is 4.52 Å². The molecule has 0 unspecified atom stereocenters. The van der Waals surface area contributed by atoms with Crippen LogP contribution in [0.5, 0.6) is 0 Å². The molecule has 3 aromatic rings. The summed E-state index contributed by atoms with van der Waals surface area (Å²) in [6, 6.07) is 3.79. The van der Waals surface area contributed by atoms with Crippen molar-refractivity contribution >= 4 is 5.91 Å². The van der Waals surface area contributed by atoms with Crippen LogP contribution in [-0.2, 0) is 13.6 Å². The quantitative estimate of drug-likeness (QED) is 0.678. The van der Waals surface area contributed by atoms with Crippen molar-refractivity contribution in [3.05, 3.63) is 41.1 Å². The number of amides is 1. The van der Waals surface area contributed by atoms with E-state index in [1.165, 1.54) is 5.69 Å². The minimum atomic E-state index is -0.117. The standard InChI is InChI=1S/C20H26N6O2/c1-12(2)16-10-17(25(4)23-16)20(27)21-7-8-26-19(14-5-6-14)15(11-22-26)18-9-13(3)24-28-18/h9-12,14H,5-8H2,1-4H3,(H,21,27). The molecule has 1 N–H and O–H groups in total. The third-order valence-electron chi connectivity index (χ3n) is 5.07. The molecular weight excluding hydrogens is 356 g/mol. The van der Waals surface area contributed by atoms with Gasteiger partial charge in [0.2, 0.25) is 0 Å². The van der Waals surface area contributed by atoms with Gasteiger partial charge in [0.15, 0.2) is 5.76 Å². The molecule has 3 heterocycles. The summed E-state index contributed by atoms with van der Waals surface area (Å²) in [4.78, 5) is 12.5. The summed E-state index contributed by atoms with van der Waals surface area (Å²) in [7, 11) is 1.80. The molecule has 1 amide bonds. The van der Waals surface area contributed by atoms with Crippen LogP contribution in [0.4, 0.5) is 0 Å². The second-order valence-electron chi connectivity index (χ2n) is 7.76. The lowest BCUT2D eigenvalue weighted by molar-refractivity contribution is 0.0942. The molecule has 4 rings (SSSR count). The van der Waals surface area contributed by atoms with E-state index in [1.807, 2.05) is 29.9 Å². The highest BCUT2D eigenvalue weighted by atomic mass is 16.5. The van der Waals surface area contributed by atoms with Gasteiger partial charge in [-0.2, -0.15) is 10.2 Å². The third-order valence-corrected chi connectivity index (χ3v) is 5.07. The van der Waals surface area contributed by atoms with Gasteiger partial charge in [-0.05, 0) is 31.7 Å². The summed E-state index contributed by atoms with van der Waals surface area (Å²) in [6.07, 6.45) is 4.15. The first-order chi connectivity index (χ1) is 13.4. The van der Waals surface area contributed by atoms with Gasteiger partial charge >= 0.3 is 0 Å². The monoisotopic (exact) mass is 382 g/mol. The predicted octanol–water partition coefficient (Wildman–Crippen LogP) is 3.01.